The van der Waals surface area contributed by atoms with Gasteiger partial charge in [-0.15, -0.1) is 0 Å². The maximum Gasteiger partial charge on any atom is 0.339 e. The van der Waals surface area contributed by atoms with Crippen LogP contribution in [0.3, 0.4) is 0 Å². The standard InChI is InChI=1S/C19H12N2O5/c20-10-11-8-12(21(23)24)4-7-17(11)25-13-5-6-15-14-2-1-3-16(14)19(22)26-18(15)9-13/h4-9H,1-3H2. The molecule has 0 saturated heterocycles. The lowest BCUT2D eigenvalue weighted by Crippen LogP contribution is -2.06. The van der Waals surface area contributed by atoms with Crippen LogP contribution in [0.2, 0.25) is 0 Å². The monoisotopic (exact) mass is 348 g/mol. The number of ether oxygens (including phenoxy) is 1. The van der Waals surface area contributed by atoms with Crippen LogP contribution in [-0.4, -0.2) is 4.92 Å². The van der Waals surface area contributed by atoms with Gasteiger partial charge in [0.1, 0.15) is 28.7 Å². The highest BCUT2D eigenvalue weighted by Crippen LogP contribution is 2.33. The molecular weight excluding hydrogens is 336 g/mol. The first-order chi connectivity index (χ1) is 12.6. The van der Waals surface area contributed by atoms with E-state index in [1.54, 1.807) is 12.1 Å². The second-order valence-corrected chi connectivity index (χ2v) is 6.01. The Hall–Kier alpha value is -3.66. The average molecular weight is 348 g/mol. The molecule has 0 atom stereocenters. The third-order valence-corrected chi connectivity index (χ3v) is 4.47. The van der Waals surface area contributed by atoms with E-state index >= 15 is 0 Å². The Bertz CT molecular complexity index is 1160. The van der Waals surface area contributed by atoms with Crippen molar-refractivity contribution in [2.24, 2.45) is 0 Å². The Balaban J connectivity index is 1.75. The average Bonchev–Trinajstić information content (AvgIpc) is 3.12. The summed E-state index contributed by atoms with van der Waals surface area (Å²) >= 11 is 0. The molecule has 128 valence electrons. The topological polar surface area (TPSA) is 106 Å². The number of fused-ring (bicyclic) bond motifs is 3. The summed E-state index contributed by atoms with van der Waals surface area (Å²) in [6.45, 7) is 0. The van der Waals surface area contributed by atoms with Gasteiger partial charge in [0.15, 0.2) is 0 Å². The molecule has 1 heterocycles. The van der Waals surface area contributed by atoms with E-state index in [2.05, 4.69) is 0 Å². The number of hydrogen-bond acceptors (Lipinski definition) is 6. The number of aryl methyl sites for hydroxylation is 1. The molecule has 7 heteroatoms. The van der Waals surface area contributed by atoms with Gasteiger partial charge in [0.2, 0.25) is 0 Å². The molecule has 7 nitrogen and oxygen atoms in total. The van der Waals surface area contributed by atoms with Crippen molar-refractivity contribution in [3.8, 4) is 17.6 Å². The maximum atomic E-state index is 12.1. The van der Waals surface area contributed by atoms with Crippen LogP contribution < -0.4 is 10.4 Å². The van der Waals surface area contributed by atoms with E-state index in [-0.39, 0.29) is 22.6 Å². The molecule has 0 N–H and O–H groups in total. The zero-order valence-corrected chi connectivity index (χ0v) is 13.5. The van der Waals surface area contributed by atoms with Gasteiger partial charge in [-0.3, -0.25) is 10.1 Å². The summed E-state index contributed by atoms with van der Waals surface area (Å²) in [5.74, 6) is 0.574. The minimum absolute atomic E-state index is 0.0507. The largest absolute Gasteiger partial charge is 0.456 e. The number of nitro benzene ring substituents is 1. The minimum Gasteiger partial charge on any atom is -0.456 e. The molecule has 0 aliphatic heterocycles. The van der Waals surface area contributed by atoms with Crippen LogP contribution in [0.1, 0.15) is 23.1 Å². The van der Waals surface area contributed by atoms with E-state index < -0.39 is 4.92 Å². The Morgan fingerprint density at radius 2 is 1.96 bits per heavy atom. The molecule has 1 aromatic heterocycles. The fraction of sp³-hybridized carbons (Fsp3) is 0.158. The van der Waals surface area contributed by atoms with Crippen molar-refractivity contribution in [2.75, 3.05) is 0 Å². The lowest BCUT2D eigenvalue weighted by Gasteiger charge is -2.09. The molecule has 2 aromatic carbocycles. The predicted molar refractivity (Wildman–Crippen MR) is 92.4 cm³/mol. The summed E-state index contributed by atoms with van der Waals surface area (Å²) in [4.78, 5) is 22.3. The van der Waals surface area contributed by atoms with Gasteiger partial charge in [-0.2, -0.15) is 5.26 Å². The van der Waals surface area contributed by atoms with Crippen molar-refractivity contribution in [3.05, 3.63) is 73.6 Å². The summed E-state index contributed by atoms with van der Waals surface area (Å²) in [5, 5.41) is 20.9. The smallest absolute Gasteiger partial charge is 0.339 e. The quantitative estimate of drug-likeness (QED) is 0.404. The van der Waals surface area contributed by atoms with Crippen molar-refractivity contribution in [1.29, 1.82) is 5.26 Å². The molecule has 0 spiro atoms. The van der Waals surface area contributed by atoms with E-state index in [4.69, 9.17) is 9.15 Å². The van der Waals surface area contributed by atoms with Crippen LogP contribution in [0.25, 0.3) is 11.0 Å². The normalized spacial score (nSPS) is 12.6. The minimum atomic E-state index is -0.574. The van der Waals surface area contributed by atoms with Crippen molar-refractivity contribution in [3.63, 3.8) is 0 Å². The highest BCUT2D eigenvalue weighted by molar-refractivity contribution is 5.83. The zero-order valence-electron chi connectivity index (χ0n) is 13.5. The molecule has 1 aliphatic carbocycles. The van der Waals surface area contributed by atoms with Crippen LogP contribution in [0, 0.1) is 21.4 Å². The number of nitro groups is 1. The van der Waals surface area contributed by atoms with Gasteiger partial charge < -0.3 is 9.15 Å². The third kappa shape index (κ3) is 2.58. The molecule has 0 fully saturated rings. The predicted octanol–water partition coefficient (Wildman–Crippen LogP) is 3.85. The molecule has 1 aliphatic rings. The van der Waals surface area contributed by atoms with Gasteiger partial charge >= 0.3 is 5.63 Å². The van der Waals surface area contributed by atoms with E-state index in [9.17, 15) is 20.2 Å². The highest BCUT2D eigenvalue weighted by Gasteiger charge is 2.20. The molecular formula is C19H12N2O5. The molecule has 0 saturated carbocycles. The fourth-order valence-corrected chi connectivity index (χ4v) is 3.26. The number of benzene rings is 2. The molecule has 3 aromatic rings. The van der Waals surface area contributed by atoms with Gasteiger partial charge in [-0.05, 0) is 43.0 Å². The highest BCUT2D eigenvalue weighted by atomic mass is 16.6. The number of hydrogen-bond donors (Lipinski definition) is 0. The molecule has 26 heavy (non-hydrogen) atoms. The van der Waals surface area contributed by atoms with E-state index in [0.29, 0.717) is 11.3 Å². The number of nitriles is 1. The summed E-state index contributed by atoms with van der Waals surface area (Å²) in [5.41, 5.74) is 1.73. The van der Waals surface area contributed by atoms with E-state index in [1.807, 2.05) is 12.1 Å². The Morgan fingerprint density at radius 1 is 1.15 bits per heavy atom. The number of nitrogens with zero attached hydrogens (tertiary/aromatic N) is 2. The summed E-state index contributed by atoms with van der Waals surface area (Å²) < 4.78 is 11.1. The summed E-state index contributed by atoms with van der Waals surface area (Å²) in [7, 11) is 0. The van der Waals surface area contributed by atoms with Crippen molar-refractivity contribution >= 4 is 16.7 Å². The molecule has 0 amide bonds. The van der Waals surface area contributed by atoms with Gasteiger partial charge in [-0.25, -0.2) is 4.79 Å². The van der Waals surface area contributed by atoms with Crippen molar-refractivity contribution in [2.45, 2.75) is 19.3 Å². The van der Waals surface area contributed by atoms with Crippen LogP contribution in [0.15, 0.2) is 45.6 Å². The van der Waals surface area contributed by atoms with Gasteiger partial charge in [0, 0.05) is 29.1 Å². The summed E-state index contributed by atoms with van der Waals surface area (Å²) in [6.07, 6.45) is 2.52. The Labute approximate surface area is 147 Å². The second-order valence-electron chi connectivity index (χ2n) is 6.01. The number of non-ortho nitro benzene ring substituents is 1. The van der Waals surface area contributed by atoms with Gasteiger partial charge in [0.05, 0.1) is 4.92 Å². The first-order valence-corrected chi connectivity index (χ1v) is 8.02. The zero-order chi connectivity index (χ0) is 18.3. The Kier molecular flexibility index (Phi) is 3.66. The van der Waals surface area contributed by atoms with Crippen molar-refractivity contribution in [1.82, 2.24) is 0 Å². The fourth-order valence-electron chi connectivity index (χ4n) is 3.26. The summed E-state index contributed by atoms with van der Waals surface area (Å²) in [6, 6.07) is 10.8. The SMILES string of the molecule is N#Cc1cc([N+](=O)[O-])ccc1Oc1ccc2c3c(c(=O)oc2c1)CCC3. The van der Waals surface area contributed by atoms with Crippen LogP contribution in [0.5, 0.6) is 11.5 Å². The molecule has 0 unspecified atom stereocenters. The van der Waals surface area contributed by atoms with E-state index in [1.165, 1.54) is 12.1 Å². The first kappa shape index (κ1) is 15.8. The lowest BCUT2D eigenvalue weighted by atomic mass is 10.1. The third-order valence-electron chi connectivity index (χ3n) is 4.47. The first-order valence-electron chi connectivity index (χ1n) is 8.02. The van der Waals surface area contributed by atoms with Gasteiger partial charge in [-0.1, -0.05) is 0 Å². The number of rotatable bonds is 3. The van der Waals surface area contributed by atoms with Gasteiger partial charge in [0.25, 0.3) is 5.69 Å². The van der Waals surface area contributed by atoms with Crippen LogP contribution in [0.4, 0.5) is 5.69 Å². The van der Waals surface area contributed by atoms with Crippen LogP contribution in [-0.2, 0) is 12.8 Å². The second kappa shape index (κ2) is 6.01. The molecule has 4 rings (SSSR count). The Morgan fingerprint density at radius 3 is 2.73 bits per heavy atom. The molecule has 0 radical (unpaired) electrons. The van der Waals surface area contributed by atoms with Crippen molar-refractivity contribution < 1.29 is 14.1 Å². The van der Waals surface area contributed by atoms with Crippen LogP contribution >= 0.6 is 0 Å². The lowest BCUT2D eigenvalue weighted by molar-refractivity contribution is -0.384. The van der Waals surface area contributed by atoms with E-state index in [0.717, 1.165) is 41.8 Å². The molecule has 0 bridgehead atoms. The maximum absolute atomic E-state index is 12.1.